The van der Waals surface area contributed by atoms with Crippen LogP contribution in [-0.2, 0) is 5.41 Å². The molecule has 0 atom stereocenters. The normalized spacial score (nSPS) is 14.3. The molecule has 0 saturated heterocycles. The van der Waals surface area contributed by atoms with Gasteiger partial charge < -0.3 is 9.47 Å². The van der Waals surface area contributed by atoms with Crippen LogP contribution >= 0.6 is 0 Å². The summed E-state index contributed by atoms with van der Waals surface area (Å²) in [6, 6.07) is 84.0. The first-order valence-corrected chi connectivity index (χ1v) is 25.0. The largest absolute Gasteiger partial charge is 0.309 e. The summed E-state index contributed by atoms with van der Waals surface area (Å²) in [4.78, 5) is 2.53. The van der Waals surface area contributed by atoms with E-state index in [4.69, 9.17) is 0 Å². The Morgan fingerprint density at radius 2 is 1.03 bits per heavy atom. The van der Waals surface area contributed by atoms with Crippen molar-refractivity contribution in [3.63, 3.8) is 0 Å². The molecule has 0 N–H and O–H groups in total. The molecule has 11 aromatic rings. The molecule has 0 bridgehead atoms. The van der Waals surface area contributed by atoms with Crippen LogP contribution in [0.15, 0.2) is 224 Å². The minimum absolute atomic E-state index is 0.0664. The number of para-hydroxylation sites is 4. The number of hydrogen-bond donors (Lipinski definition) is 0. The summed E-state index contributed by atoms with van der Waals surface area (Å²) in [7, 11) is 0. The van der Waals surface area contributed by atoms with Gasteiger partial charge in [-0.25, -0.2) is 0 Å². The highest BCUT2D eigenvalue weighted by atomic mass is 15.1. The van der Waals surface area contributed by atoms with Crippen molar-refractivity contribution < 1.29 is 0 Å². The molecule has 2 aliphatic rings. The van der Waals surface area contributed by atoms with Gasteiger partial charge in [-0.05, 0) is 128 Å². The first kappa shape index (κ1) is 41.3. The maximum absolute atomic E-state index is 2.53. The third-order valence-electron chi connectivity index (χ3n) is 15.6. The maximum atomic E-state index is 2.53. The minimum Gasteiger partial charge on any atom is -0.309 e. The number of fused-ring (bicyclic) bond motifs is 7. The number of benzene rings is 10. The zero-order valence-electron chi connectivity index (χ0n) is 39.4. The smallest absolute Gasteiger partial charge is 0.0547 e. The second-order valence-corrected chi connectivity index (χ2v) is 19.8. The highest BCUT2D eigenvalue weighted by Gasteiger charge is 2.36. The van der Waals surface area contributed by atoms with E-state index in [0.717, 1.165) is 22.7 Å². The molecule has 0 radical (unpaired) electrons. The third-order valence-corrected chi connectivity index (χ3v) is 15.6. The van der Waals surface area contributed by atoms with E-state index in [1.165, 1.54) is 126 Å². The van der Waals surface area contributed by atoms with Crippen molar-refractivity contribution in [1.29, 1.82) is 0 Å². The quantitative estimate of drug-likeness (QED) is 0.148. The van der Waals surface area contributed by atoms with E-state index in [0.29, 0.717) is 5.92 Å². The van der Waals surface area contributed by atoms with Crippen molar-refractivity contribution in [2.75, 3.05) is 4.90 Å². The van der Waals surface area contributed by atoms with Crippen molar-refractivity contribution in [3.05, 3.63) is 241 Å². The van der Waals surface area contributed by atoms with Gasteiger partial charge in [0.2, 0.25) is 0 Å². The Hall–Kier alpha value is -7.94. The first-order valence-electron chi connectivity index (χ1n) is 25.0. The van der Waals surface area contributed by atoms with E-state index in [1.54, 1.807) is 0 Å². The van der Waals surface area contributed by atoms with E-state index >= 15 is 0 Å². The number of anilines is 3. The highest BCUT2D eigenvalue weighted by Crippen LogP contribution is 2.53. The summed E-state index contributed by atoms with van der Waals surface area (Å²) < 4.78 is 2.42. The minimum atomic E-state index is -0.0664. The molecule has 2 nitrogen and oxygen atoms in total. The van der Waals surface area contributed by atoms with Gasteiger partial charge in [-0.1, -0.05) is 209 Å². The molecular formula is C67H54N2. The number of rotatable bonds is 8. The first-order chi connectivity index (χ1) is 34.0. The Kier molecular flexibility index (Phi) is 9.98. The molecule has 0 unspecified atom stereocenters. The zero-order valence-corrected chi connectivity index (χ0v) is 39.4. The van der Waals surface area contributed by atoms with Gasteiger partial charge in [-0.15, -0.1) is 0 Å². The van der Waals surface area contributed by atoms with Gasteiger partial charge in [-0.3, -0.25) is 0 Å². The molecule has 1 heterocycles. The topological polar surface area (TPSA) is 8.17 Å². The molecule has 69 heavy (non-hydrogen) atoms. The van der Waals surface area contributed by atoms with E-state index in [2.05, 4.69) is 248 Å². The van der Waals surface area contributed by atoms with Gasteiger partial charge in [0.25, 0.3) is 0 Å². The van der Waals surface area contributed by atoms with Crippen LogP contribution in [0, 0.1) is 0 Å². The standard InChI is InChI=1S/C67H54N2/c1-67(2)59-33-13-9-29-58(59)66-53(31-19-34-60(66)67)46-38-41-50(42-39-46)68(63-37-16-12-28-55(63)57-32-18-23-47-22-17-30-52(65(47)57)45-20-5-3-6-21-45)61-35-14-10-26-51(61)48-40-43-56-54-27-11-15-36-62(54)69(64(56)44-48)49-24-7-4-8-25-49/h4,7-19,22-45H,3,5-6,20-21H2,1-2H3. The van der Waals surface area contributed by atoms with Crippen LogP contribution in [-0.4, -0.2) is 4.57 Å². The molecule has 0 spiro atoms. The molecule has 0 aliphatic heterocycles. The Labute approximate surface area is 405 Å². The van der Waals surface area contributed by atoms with Crippen LogP contribution in [0.25, 0.3) is 82.8 Å². The fraction of sp³-hybridized carbons (Fsp3) is 0.134. The van der Waals surface area contributed by atoms with Gasteiger partial charge in [-0.2, -0.15) is 0 Å². The maximum Gasteiger partial charge on any atom is 0.0547 e. The SMILES string of the molecule is CC1(C)c2ccccc2-c2c(-c3ccc(N(c4ccccc4-c4ccc5c6ccccc6n(-c6ccccc6)c5c4)c4ccccc4-c4cccc5cccc(C6CCCCC6)c45)cc3)cccc21. The van der Waals surface area contributed by atoms with Crippen molar-refractivity contribution in [2.45, 2.75) is 57.3 Å². The predicted molar refractivity (Wildman–Crippen MR) is 293 cm³/mol. The molecule has 2 heteroatoms. The van der Waals surface area contributed by atoms with Gasteiger partial charge in [0.05, 0.1) is 22.4 Å². The Balaban J connectivity index is 1.02. The molecule has 13 rings (SSSR count). The van der Waals surface area contributed by atoms with Gasteiger partial charge in [0.1, 0.15) is 0 Å². The number of hydrogen-bond acceptors (Lipinski definition) is 1. The van der Waals surface area contributed by atoms with Gasteiger partial charge in [0.15, 0.2) is 0 Å². The molecule has 1 aromatic heterocycles. The predicted octanol–water partition coefficient (Wildman–Crippen LogP) is 18.8. The molecule has 1 fully saturated rings. The zero-order chi connectivity index (χ0) is 46.1. The molecule has 2 aliphatic carbocycles. The molecule has 332 valence electrons. The van der Waals surface area contributed by atoms with E-state index < -0.39 is 0 Å². The van der Waals surface area contributed by atoms with Crippen LogP contribution in [0.5, 0.6) is 0 Å². The van der Waals surface area contributed by atoms with Gasteiger partial charge in [0, 0.05) is 38.7 Å². The Morgan fingerprint density at radius 1 is 0.435 bits per heavy atom. The summed E-state index contributed by atoms with van der Waals surface area (Å²) in [6.07, 6.45) is 6.44. The lowest BCUT2D eigenvalue weighted by Gasteiger charge is -2.31. The van der Waals surface area contributed by atoms with E-state index in [1.807, 2.05) is 0 Å². The van der Waals surface area contributed by atoms with Crippen molar-refractivity contribution in [3.8, 4) is 50.2 Å². The third kappa shape index (κ3) is 6.76. The Bertz CT molecular complexity index is 3730. The second kappa shape index (κ2) is 16.7. The lowest BCUT2D eigenvalue weighted by Crippen LogP contribution is -2.14. The highest BCUT2D eigenvalue weighted by molar-refractivity contribution is 6.11. The second-order valence-electron chi connectivity index (χ2n) is 19.8. The van der Waals surface area contributed by atoms with E-state index in [-0.39, 0.29) is 5.41 Å². The molecule has 1 saturated carbocycles. The number of aromatic nitrogens is 1. The van der Waals surface area contributed by atoms with Crippen LogP contribution in [0.4, 0.5) is 17.1 Å². The Morgan fingerprint density at radius 3 is 1.84 bits per heavy atom. The lowest BCUT2D eigenvalue weighted by molar-refractivity contribution is 0.445. The summed E-state index contributed by atoms with van der Waals surface area (Å²) in [5.74, 6) is 0.568. The van der Waals surface area contributed by atoms with Gasteiger partial charge >= 0.3 is 0 Å². The summed E-state index contributed by atoms with van der Waals surface area (Å²) >= 11 is 0. The van der Waals surface area contributed by atoms with Crippen LogP contribution in [0.2, 0.25) is 0 Å². The van der Waals surface area contributed by atoms with Crippen LogP contribution in [0.3, 0.4) is 0 Å². The van der Waals surface area contributed by atoms with Crippen molar-refractivity contribution in [2.24, 2.45) is 0 Å². The number of nitrogens with zero attached hydrogens (tertiary/aromatic N) is 2. The van der Waals surface area contributed by atoms with Crippen molar-refractivity contribution in [1.82, 2.24) is 4.57 Å². The fourth-order valence-corrected chi connectivity index (χ4v) is 12.3. The monoisotopic (exact) mass is 886 g/mol. The summed E-state index contributed by atoms with van der Waals surface area (Å²) in [5, 5.41) is 5.20. The lowest BCUT2D eigenvalue weighted by atomic mass is 9.80. The molecular weight excluding hydrogens is 833 g/mol. The van der Waals surface area contributed by atoms with Crippen LogP contribution in [0.1, 0.15) is 68.6 Å². The molecule has 0 amide bonds. The van der Waals surface area contributed by atoms with Crippen LogP contribution < -0.4 is 4.90 Å². The fourth-order valence-electron chi connectivity index (χ4n) is 12.3. The molecule has 10 aromatic carbocycles. The average molecular weight is 887 g/mol. The van der Waals surface area contributed by atoms with Crippen molar-refractivity contribution >= 4 is 49.6 Å². The summed E-state index contributed by atoms with van der Waals surface area (Å²) in [5.41, 5.74) is 21.2. The summed E-state index contributed by atoms with van der Waals surface area (Å²) in [6.45, 7) is 4.73. The average Bonchev–Trinajstić information content (AvgIpc) is 3.87. The van der Waals surface area contributed by atoms with E-state index in [9.17, 15) is 0 Å².